The summed E-state index contributed by atoms with van der Waals surface area (Å²) < 4.78 is 41.8. The maximum Gasteiger partial charge on any atom is 0.418 e. The monoisotopic (exact) mass is 400 g/mol. The molecule has 0 radical (unpaired) electrons. The Morgan fingerprint density at radius 3 is 2.81 bits per heavy atom. The number of piperidine rings is 1. The molecular weight excluding hydrogens is 376 g/mol. The molecule has 1 spiro atoms. The van der Waals surface area contributed by atoms with E-state index in [1.807, 2.05) is 6.07 Å². The van der Waals surface area contributed by atoms with Crippen LogP contribution in [0.2, 0.25) is 0 Å². The Balaban J connectivity index is 1.70. The van der Waals surface area contributed by atoms with Crippen molar-refractivity contribution in [2.45, 2.75) is 57.2 Å². The van der Waals surface area contributed by atoms with E-state index in [4.69, 9.17) is 13.4 Å². The third-order valence-corrected chi connectivity index (χ3v) is 6.41. The van der Waals surface area contributed by atoms with Gasteiger partial charge in [0.05, 0.1) is 18.6 Å². The largest absolute Gasteiger partial charge is 0.418 e. The first-order valence-corrected chi connectivity index (χ1v) is 10.6. The minimum atomic E-state index is -4.78. The number of hydroxylamine groups is 2. The summed E-state index contributed by atoms with van der Waals surface area (Å²) in [6, 6.07) is 0.545. The fourth-order valence-electron chi connectivity index (χ4n) is 4.92. The van der Waals surface area contributed by atoms with Crippen LogP contribution >= 0.6 is 0 Å². The number of aromatic nitrogens is 1. The number of hydrogen-bond donors (Lipinski definition) is 2. The van der Waals surface area contributed by atoms with E-state index in [0.29, 0.717) is 31.0 Å². The Morgan fingerprint density at radius 1 is 1.41 bits per heavy atom. The van der Waals surface area contributed by atoms with Crippen molar-refractivity contribution in [1.82, 2.24) is 20.4 Å². The van der Waals surface area contributed by atoms with Crippen LogP contribution in [0.3, 0.4) is 0 Å². The highest BCUT2D eigenvalue weighted by molar-refractivity contribution is 7.80. The van der Waals surface area contributed by atoms with Crippen molar-refractivity contribution < 1.29 is 26.6 Å². The molecule has 1 aliphatic carbocycles. The van der Waals surface area contributed by atoms with Crippen molar-refractivity contribution in [3.8, 4) is 0 Å². The molecule has 3 fully saturated rings. The van der Waals surface area contributed by atoms with Crippen LogP contribution in [0.5, 0.6) is 0 Å². The van der Waals surface area contributed by atoms with Crippen molar-refractivity contribution in [2.75, 3.05) is 13.6 Å². The summed E-state index contributed by atoms with van der Waals surface area (Å²) in [6.07, 6.45) is 5.57. The summed E-state index contributed by atoms with van der Waals surface area (Å²) in [5.74, 6) is 0.671. The molecule has 2 amide bonds. The van der Waals surface area contributed by atoms with E-state index in [2.05, 4.69) is 10.5 Å². The molecule has 3 heterocycles. The number of rotatable bonds is 5. The molecule has 2 saturated heterocycles. The van der Waals surface area contributed by atoms with E-state index in [1.54, 1.807) is 11.9 Å². The van der Waals surface area contributed by atoms with E-state index in [-0.39, 0.29) is 11.5 Å². The van der Waals surface area contributed by atoms with Crippen molar-refractivity contribution in [2.24, 2.45) is 5.41 Å². The van der Waals surface area contributed by atoms with Gasteiger partial charge in [-0.1, -0.05) is 24.4 Å². The SMILES string of the molecule is CNCc1cc([C@@H]2CC3(CCCCC3)[C@@H]3CN2C(=O)N3OS(=O)(=O)O)no1. The fraction of sp³-hybridized carbons (Fsp3) is 0.750. The number of nitrogens with zero attached hydrogens (tertiary/aromatic N) is 3. The van der Waals surface area contributed by atoms with Crippen LogP contribution in [-0.2, 0) is 21.2 Å². The smallest absolute Gasteiger partial charge is 0.360 e. The molecule has 3 aliphatic rings. The summed E-state index contributed by atoms with van der Waals surface area (Å²) >= 11 is 0. The first kappa shape index (κ1) is 18.7. The van der Waals surface area contributed by atoms with E-state index in [9.17, 15) is 13.2 Å². The zero-order valence-electron chi connectivity index (χ0n) is 15.1. The Labute approximate surface area is 157 Å². The number of urea groups is 1. The van der Waals surface area contributed by atoms with Gasteiger partial charge in [0.1, 0.15) is 5.69 Å². The molecule has 0 aromatic carbocycles. The zero-order chi connectivity index (χ0) is 19.2. The Hall–Kier alpha value is -1.69. The normalized spacial score (nSPS) is 27.6. The molecular formula is C16H24N4O6S. The highest BCUT2D eigenvalue weighted by Gasteiger charge is 2.59. The number of carbonyl (C=O) groups is 1. The summed E-state index contributed by atoms with van der Waals surface area (Å²) in [5, 5.41) is 8.00. The second kappa shape index (κ2) is 6.73. The Morgan fingerprint density at radius 2 is 2.15 bits per heavy atom. The molecule has 27 heavy (non-hydrogen) atoms. The van der Waals surface area contributed by atoms with E-state index in [0.717, 1.165) is 37.2 Å². The summed E-state index contributed by atoms with van der Waals surface area (Å²) in [5.41, 5.74) is 0.393. The molecule has 2 atom stereocenters. The molecule has 1 saturated carbocycles. The summed E-state index contributed by atoms with van der Waals surface area (Å²) in [6.45, 7) is 0.868. The molecule has 4 rings (SSSR count). The lowest BCUT2D eigenvalue weighted by atomic mass is 9.64. The highest BCUT2D eigenvalue weighted by Crippen LogP contribution is 2.55. The maximum atomic E-state index is 12.9. The van der Waals surface area contributed by atoms with Gasteiger partial charge < -0.3 is 14.7 Å². The van der Waals surface area contributed by atoms with Crippen molar-refractivity contribution in [3.63, 3.8) is 0 Å². The first-order valence-electron chi connectivity index (χ1n) is 9.20. The van der Waals surface area contributed by atoms with Crippen LogP contribution in [0.1, 0.15) is 56.0 Å². The molecule has 2 N–H and O–H groups in total. The quantitative estimate of drug-likeness (QED) is 0.715. The lowest BCUT2D eigenvalue weighted by molar-refractivity contribution is -0.0883. The molecule has 11 heteroatoms. The highest BCUT2D eigenvalue weighted by atomic mass is 32.3. The van der Waals surface area contributed by atoms with Crippen LogP contribution in [0.15, 0.2) is 10.6 Å². The number of carbonyl (C=O) groups excluding carboxylic acids is 1. The van der Waals surface area contributed by atoms with Gasteiger partial charge in [-0.2, -0.15) is 13.5 Å². The fourth-order valence-corrected chi connectivity index (χ4v) is 5.29. The number of fused-ring (bicyclic) bond motifs is 3. The van der Waals surface area contributed by atoms with E-state index in [1.165, 1.54) is 0 Å². The number of hydrogen-bond acceptors (Lipinski definition) is 7. The lowest BCUT2D eigenvalue weighted by Gasteiger charge is -2.47. The third kappa shape index (κ3) is 3.33. The standard InChI is InChI=1S/C16H24N4O6S/c1-17-9-11-7-12(18-25-11)13-8-16(5-3-2-4-6-16)14-10-19(13)15(21)20(14)26-27(22,23)24/h7,13-14,17H,2-6,8-10H2,1H3,(H,22,23,24)/t13-,14-/m0/s1. The van der Waals surface area contributed by atoms with Gasteiger partial charge in [0.15, 0.2) is 5.76 Å². The van der Waals surface area contributed by atoms with Gasteiger partial charge >= 0.3 is 16.4 Å². The number of amides is 2. The van der Waals surface area contributed by atoms with Gasteiger partial charge in [0.2, 0.25) is 0 Å². The van der Waals surface area contributed by atoms with Crippen LogP contribution in [0.25, 0.3) is 0 Å². The Bertz CT molecular complexity index is 819. The van der Waals surface area contributed by atoms with Crippen LogP contribution in [0, 0.1) is 5.41 Å². The van der Waals surface area contributed by atoms with Gasteiger partial charge in [-0.25, -0.2) is 4.79 Å². The van der Waals surface area contributed by atoms with E-state index >= 15 is 0 Å². The molecule has 10 nitrogen and oxygen atoms in total. The molecule has 1 aromatic heterocycles. The minimum absolute atomic E-state index is 0.265. The third-order valence-electron chi connectivity index (χ3n) is 6.06. The van der Waals surface area contributed by atoms with Crippen LogP contribution in [0.4, 0.5) is 4.79 Å². The topological polar surface area (TPSA) is 125 Å². The summed E-state index contributed by atoms with van der Waals surface area (Å²) in [7, 11) is -2.98. The number of nitrogens with one attached hydrogen (secondary N) is 1. The zero-order valence-corrected chi connectivity index (χ0v) is 15.9. The van der Waals surface area contributed by atoms with Crippen LogP contribution in [-0.4, -0.2) is 53.8 Å². The second-order valence-electron chi connectivity index (χ2n) is 7.67. The van der Waals surface area contributed by atoms with Gasteiger partial charge in [0, 0.05) is 12.6 Å². The predicted octanol–water partition coefficient (Wildman–Crippen LogP) is 1.63. The average Bonchev–Trinajstić information content (AvgIpc) is 3.18. The van der Waals surface area contributed by atoms with Gasteiger partial charge in [-0.3, -0.25) is 4.55 Å². The molecule has 2 aliphatic heterocycles. The predicted molar refractivity (Wildman–Crippen MR) is 92.5 cm³/mol. The Kier molecular flexibility index (Phi) is 4.65. The molecule has 0 unspecified atom stereocenters. The summed E-state index contributed by atoms with van der Waals surface area (Å²) in [4.78, 5) is 14.5. The molecule has 150 valence electrons. The van der Waals surface area contributed by atoms with Crippen molar-refractivity contribution in [3.05, 3.63) is 17.5 Å². The molecule has 2 bridgehead atoms. The van der Waals surface area contributed by atoms with Gasteiger partial charge in [-0.05, 0) is 31.7 Å². The van der Waals surface area contributed by atoms with E-state index < -0.39 is 22.5 Å². The van der Waals surface area contributed by atoms with Crippen molar-refractivity contribution >= 4 is 16.4 Å². The second-order valence-corrected chi connectivity index (χ2v) is 8.67. The maximum absolute atomic E-state index is 12.9. The first-order chi connectivity index (χ1) is 12.8. The average molecular weight is 400 g/mol. The van der Waals surface area contributed by atoms with Gasteiger partial charge in [0.25, 0.3) is 0 Å². The molecule has 1 aromatic rings. The minimum Gasteiger partial charge on any atom is -0.360 e. The van der Waals surface area contributed by atoms with Crippen LogP contribution < -0.4 is 5.32 Å². The lowest BCUT2D eigenvalue weighted by Crippen LogP contribution is -2.51. The van der Waals surface area contributed by atoms with Crippen molar-refractivity contribution in [1.29, 1.82) is 0 Å². The van der Waals surface area contributed by atoms with Gasteiger partial charge in [-0.15, -0.1) is 4.28 Å².